The first-order valence-electron chi connectivity index (χ1n) is 10.9. The van der Waals surface area contributed by atoms with Gasteiger partial charge in [0.2, 0.25) is 0 Å². The van der Waals surface area contributed by atoms with E-state index in [0.717, 1.165) is 12.1 Å². The van der Waals surface area contributed by atoms with E-state index in [9.17, 15) is 14.0 Å². The number of anilines is 2. The highest BCUT2D eigenvalue weighted by molar-refractivity contribution is 6.05. The molecule has 0 bridgehead atoms. The fraction of sp³-hybridized carbons (Fsp3) is 0.320. The molecule has 1 unspecified atom stereocenters. The normalized spacial score (nSPS) is 15.9. The van der Waals surface area contributed by atoms with E-state index < -0.39 is 6.10 Å². The van der Waals surface area contributed by atoms with Gasteiger partial charge in [0.15, 0.2) is 0 Å². The van der Waals surface area contributed by atoms with Gasteiger partial charge >= 0.3 is 0 Å². The zero-order valence-corrected chi connectivity index (χ0v) is 18.9. The van der Waals surface area contributed by atoms with Crippen LogP contribution in [0.3, 0.4) is 0 Å². The number of carbonyl (C=O) groups excluding carboxylic acids is 2. The van der Waals surface area contributed by atoms with Crippen molar-refractivity contribution in [2.24, 2.45) is 0 Å². The Morgan fingerprint density at radius 1 is 1.09 bits per heavy atom. The lowest BCUT2D eigenvalue weighted by Gasteiger charge is -2.14. The van der Waals surface area contributed by atoms with E-state index in [1.54, 1.807) is 41.1 Å². The Kier molecular flexibility index (Phi) is 6.29. The lowest BCUT2D eigenvalue weighted by molar-refractivity contribution is -0.124. The zero-order chi connectivity index (χ0) is 23.6. The molecule has 172 valence electrons. The Balaban J connectivity index is 1.57. The van der Waals surface area contributed by atoms with Crippen LogP contribution in [0, 0.1) is 5.82 Å². The maximum absolute atomic E-state index is 13.4. The Morgan fingerprint density at radius 3 is 2.52 bits per heavy atom. The first-order chi connectivity index (χ1) is 15.7. The van der Waals surface area contributed by atoms with E-state index in [2.05, 4.69) is 15.7 Å². The van der Waals surface area contributed by atoms with Crippen LogP contribution in [0.5, 0.6) is 0 Å². The molecule has 2 heterocycles. The maximum Gasteiger partial charge on any atom is 0.256 e. The molecule has 33 heavy (non-hydrogen) atoms. The van der Waals surface area contributed by atoms with Gasteiger partial charge in [0.25, 0.3) is 11.8 Å². The minimum atomic E-state index is -0.455. The number of halogens is 1. The first kappa shape index (κ1) is 22.7. The van der Waals surface area contributed by atoms with Crippen LogP contribution in [0.25, 0.3) is 5.69 Å². The van der Waals surface area contributed by atoms with Gasteiger partial charge in [-0.25, -0.2) is 9.07 Å². The molecule has 1 saturated heterocycles. The van der Waals surface area contributed by atoms with Crippen molar-refractivity contribution in [2.75, 3.05) is 17.2 Å². The molecule has 0 aliphatic carbocycles. The summed E-state index contributed by atoms with van der Waals surface area (Å²) in [6, 6.07) is 14.4. The van der Waals surface area contributed by atoms with Crippen LogP contribution in [0.1, 0.15) is 49.7 Å². The van der Waals surface area contributed by atoms with Gasteiger partial charge < -0.3 is 15.4 Å². The topological polar surface area (TPSA) is 85.3 Å². The number of aromatic nitrogens is 2. The van der Waals surface area contributed by atoms with Crippen LogP contribution in [-0.2, 0) is 14.9 Å². The summed E-state index contributed by atoms with van der Waals surface area (Å²) in [7, 11) is 0. The number of nitrogens with one attached hydrogen (secondary N) is 2. The van der Waals surface area contributed by atoms with Gasteiger partial charge in [-0.3, -0.25) is 9.59 Å². The van der Waals surface area contributed by atoms with Crippen molar-refractivity contribution in [3.8, 4) is 5.69 Å². The molecule has 1 aliphatic rings. The molecule has 0 radical (unpaired) electrons. The van der Waals surface area contributed by atoms with Gasteiger partial charge in [0.05, 0.1) is 11.4 Å². The summed E-state index contributed by atoms with van der Waals surface area (Å²) in [6.07, 6.45) is 1.09. The summed E-state index contributed by atoms with van der Waals surface area (Å²) in [4.78, 5) is 25.4. The number of amides is 2. The molecule has 2 aromatic carbocycles. The largest absolute Gasteiger partial charge is 0.368 e. The molecule has 1 aromatic heterocycles. The van der Waals surface area contributed by atoms with Crippen LogP contribution in [-0.4, -0.2) is 34.3 Å². The van der Waals surface area contributed by atoms with Crippen molar-refractivity contribution in [1.29, 1.82) is 0 Å². The van der Waals surface area contributed by atoms with Gasteiger partial charge in [-0.2, -0.15) is 5.10 Å². The second-order valence-corrected chi connectivity index (χ2v) is 9.08. The van der Waals surface area contributed by atoms with Crippen LogP contribution in [0.15, 0.2) is 54.6 Å². The quantitative estimate of drug-likeness (QED) is 0.591. The predicted molar refractivity (Wildman–Crippen MR) is 124 cm³/mol. The molecule has 0 saturated carbocycles. The first-order valence-corrected chi connectivity index (χ1v) is 10.9. The maximum atomic E-state index is 13.4. The average molecular weight is 451 g/mol. The van der Waals surface area contributed by atoms with Crippen molar-refractivity contribution >= 4 is 23.3 Å². The highest BCUT2D eigenvalue weighted by Gasteiger charge is 2.24. The van der Waals surface area contributed by atoms with Gasteiger partial charge in [0, 0.05) is 29.3 Å². The summed E-state index contributed by atoms with van der Waals surface area (Å²) in [5.41, 5.74) is 2.05. The minimum absolute atomic E-state index is 0.214. The Hall–Kier alpha value is -3.52. The van der Waals surface area contributed by atoms with Crippen LogP contribution < -0.4 is 10.6 Å². The van der Waals surface area contributed by atoms with E-state index in [1.807, 2.05) is 26.8 Å². The molecule has 3 aromatic rings. The molecular formula is C25H27FN4O3. The van der Waals surface area contributed by atoms with Crippen molar-refractivity contribution in [1.82, 2.24) is 9.78 Å². The van der Waals surface area contributed by atoms with Gasteiger partial charge in [0.1, 0.15) is 17.7 Å². The van der Waals surface area contributed by atoms with E-state index in [1.165, 1.54) is 12.1 Å². The predicted octanol–water partition coefficient (Wildman–Crippen LogP) is 4.68. The average Bonchev–Trinajstić information content (AvgIpc) is 3.45. The molecule has 0 spiro atoms. The number of carbonyl (C=O) groups is 2. The monoisotopic (exact) mass is 450 g/mol. The molecule has 2 amide bonds. The Bertz CT molecular complexity index is 1160. The molecule has 4 rings (SSSR count). The van der Waals surface area contributed by atoms with Crippen LogP contribution in [0.2, 0.25) is 0 Å². The van der Waals surface area contributed by atoms with E-state index in [4.69, 9.17) is 4.74 Å². The zero-order valence-electron chi connectivity index (χ0n) is 18.9. The fourth-order valence-corrected chi connectivity index (χ4v) is 3.55. The lowest BCUT2D eigenvalue weighted by atomic mass is 9.92. The summed E-state index contributed by atoms with van der Waals surface area (Å²) in [6.45, 7) is 6.65. The number of hydrogen-bond donors (Lipinski definition) is 2. The smallest absolute Gasteiger partial charge is 0.256 e. The molecule has 1 atom stereocenters. The van der Waals surface area contributed by atoms with Crippen molar-refractivity contribution in [3.63, 3.8) is 0 Å². The summed E-state index contributed by atoms with van der Waals surface area (Å²) < 4.78 is 20.4. The molecule has 8 heteroatoms. The van der Waals surface area contributed by atoms with E-state index in [-0.39, 0.29) is 23.0 Å². The lowest BCUT2D eigenvalue weighted by Crippen LogP contribution is -2.27. The van der Waals surface area contributed by atoms with Gasteiger partial charge in [-0.1, -0.05) is 26.8 Å². The number of ether oxygens (including phenoxy) is 1. The second kappa shape index (κ2) is 9.15. The molecule has 1 aliphatic heterocycles. The summed E-state index contributed by atoms with van der Waals surface area (Å²) in [5, 5.41) is 10.3. The number of hydrogen-bond acceptors (Lipinski definition) is 4. The second-order valence-electron chi connectivity index (χ2n) is 9.08. The molecular weight excluding hydrogens is 423 g/mol. The van der Waals surface area contributed by atoms with Crippen molar-refractivity contribution in [3.05, 3.63) is 71.7 Å². The number of benzene rings is 2. The standard InChI is InChI=1S/C25H27FN4O3/c1-25(2,3)21-15-22(30(29-21)19-11-9-17(26)10-12-19)28-23(31)16-6-4-7-18(14-16)27-24(32)20-8-5-13-33-20/h4,6-7,9-12,14-15,20H,5,8,13H2,1-3H3,(H,27,32)(H,28,31). The molecule has 1 fully saturated rings. The highest BCUT2D eigenvalue weighted by atomic mass is 19.1. The molecule has 7 nitrogen and oxygen atoms in total. The number of rotatable bonds is 5. The van der Waals surface area contributed by atoms with Crippen LogP contribution >= 0.6 is 0 Å². The van der Waals surface area contributed by atoms with Gasteiger partial charge in [-0.05, 0) is 55.3 Å². The fourth-order valence-electron chi connectivity index (χ4n) is 3.55. The highest BCUT2D eigenvalue weighted by Crippen LogP contribution is 2.27. The van der Waals surface area contributed by atoms with E-state index >= 15 is 0 Å². The Morgan fingerprint density at radius 2 is 1.85 bits per heavy atom. The Labute approximate surface area is 191 Å². The number of nitrogens with zero attached hydrogens (tertiary/aromatic N) is 2. The third-order valence-corrected chi connectivity index (χ3v) is 5.40. The molecule has 2 N–H and O–H groups in total. The third kappa shape index (κ3) is 5.28. The SMILES string of the molecule is CC(C)(C)c1cc(NC(=O)c2cccc(NC(=O)C3CCCO3)c2)n(-c2ccc(F)cc2)n1. The van der Waals surface area contributed by atoms with E-state index in [0.29, 0.717) is 35.8 Å². The summed E-state index contributed by atoms with van der Waals surface area (Å²) in [5.74, 6) is -0.457. The van der Waals surface area contributed by atoms with Crippen molar-refractivity contribution in [2.45, 2.75) is 45.1 Å². The summed E-state index contributed by atoms with van der Waals surface area (Å²) >= 11 is 0. The third-order valence-electron chi connectivity index (χ3n) is 5.40. The van der Waals surface area contributed by atoms with Crippen molar-refractivity contribution < 1.29 is 18.7 Å². The minimum Gasteiger partial charge on any atom is -0.368 e. The van der Waals surface area contributed by atoms with Crippen LogP contribution in [0.4, 0.5) is 15.9 Å². The van der Waals surface area contributed by atoms with Gasteiger partial charge in [-0.15, -0.1) is 0 Å².